The molecule has 4 rings (SSSR count). The molecule has 0 bridgehead atoms. The van der Waals surface area contributed by atoms with Crippen LogP contribution in [-0.4, -0.2) is 27.6 Å². The Labute approximate surface area is 179 Å². The molecular weight excluding hydrogens is 396 g/mol. The van der Waals surface area contributed by atoms with E-state index in [0.29, 0.717) is 31.1 Å². The number of fused-ring (bicyclic) bond motifs is 1. The lowest BCUT2D eigenvalue weighted by Gasteiger charge is -2.19. The minimum absolute atomic E-state index is 0.0141. The van der Waals surface area contributed by atoms with Crippen molar-refractivity contribution in [2.45, 2.75) is 39.0 Å². The molecule has 0 atom stereocenters. The number of benzene rings is 2. The Kier molecular flexibility index (Phi) is 6.49. The van der Waals surface area contributed by atoms with Gasteiger partial charge in [-0.2, -0.15) is 4.98 Å². The molecule has 0 unspecified atom stereocenters. The zero-order valence-electron chi connectivity index (χ0n) is 17.0. The maximum Gasteiger partial charge on any atom is 0.229 e. The summed E-state index contributed by atoms with van der Waals surface area (Å²) in [5, 5.41) is 4.70. The highest BCUT2D eigenvalue weighted by molar-refractivity contribution is 7.22. The second-order valence-electron chi connectivity index (χ2n) is 7.10. The lowest BCUT2D eigenvalue weighted by molar-refractivity contribution is -0.118. The van der Waals surface area contributed by atoms with Crippen LogP contribution in [0.2, 0.25) is 0 Å². The summed E-state index contributed by atoms with van der Waals surface area (Å²) < 4.78 is 6.36. The van der Waals surface area contributed by atoms with E-state index in [2.05, 4.69) is 29.2 Å². The van der Waals surface area contributed by atoms with Crippen LogP contribution in [0.15, 0.2) is 59.1 Å². The SMILES string of the molecule is CCCc1noc(CCC(=O)N(CCc2ccccc2)c2nc3ccccc3s2)n1. The fourth-order valence-electron chi connectivity index (χ4n) is 3.25. The Bertz CT molecular complexity index is 1070. The standard InChI is InChI=1S/C23H24N4O2S/c1-2-8-20-25-21(29-26-20)13-14-22(28)27(16-15-17-9-4-3-5-10-17)23-24-18-11-6-7-12-19(18)30-23/h3-7,9-12H,2,8,13-16H2,1H3. The minimum Gasteiger partial charge on any atom is -0.339 e. The number of carbonyl (C=O) groups excluding carboxylic acids is 1. The predicted molar refractivity (Wildman–Crippen MR) is 119 cm³/mol. The molecule has 0 saturated heterocycles. The molecule has 2 aromatic carbocycles. The van der Waals surface area contributed by atoms with Gasteiger partial charge < -0.3 is 4.52 Å². The summed E-state index contributed by atoms with van der Waals surface area (Å²) in [4.78, 5) is 24.0. The molecule has 0 spiro atoms. The van der Waals surface area contributed by atoms with Gasteiger partial charge in [0.05, 0.1) is 10.2 Å². The number of aromatic nitrogens is 3. The van der Waals surface area contributed by atoms with Crippen molar-refractivity contribution in [3.8, 4) is 0 Å². The van der Waals surface area contributed by atoms with Gasteiger partial charge in [-0.3, -0.25) is 9.69 Å². The quantitative estimate of drug-likeness (QED) is 0.387. The van der Waals surface area contributed by atoms with Crippen molar-refractivity contribution < 1.29 is 9.32 Å². The Hall–Kier alpha value is -3.06. The highest BCUT2D eigenvalue weighted by atomic mass is 32.1. The number of anilines is 1. The zero-order chi connectivity index (χ0) is 20.8. The molecule has 0 fully saturated rings. The van der Waals surface area contributed by atoms with E-state index >= 15 is 0 Å². The maximum absolute atomic E-state index is 13.2. The predicted octanol–water partition coefficient (Wildman–Crippen LogP) is 4.84. The van der Waals surface area contributed by atoms with Gasteiger partial charge in [0, 0.05) is 25.8 Å². The molecule has 0 radical (unpaired) electrons. The van der Waals surface area contributed by atoms with Crippen LogP contribution in [0.5, 0.6) is 0 Å². The van der Waals surface area contributed by atoms with Crippen molar-refractivity contribution in [3.05, 3.63) is 71.9 Å². The van der Waals surface area contributed by atoms with Crippen molar-refractivity contribution >= 4 is 32.6 Å². The molecule has 0 aliphatic carbocycles. The third-order valence-corrected chi connectivity index (χ3v) is 5.88. The maximum atomic E-state index is 13.2. The van der Waals surface area contributed by atoms with Crippen molar-refractivity contribution in [1.29, 1.82) is 0 Å². The van der Waals surface area contributed by atoms with Crippen molar-refractivity contribution in [1.82, 2.24) is 15.1 Å². The van der Waals surface area contributed by atoms with Crippen LogP contribution < -0.4 is 4.90 Å². The largest absolute Gasteiger partial charge is 0.339 e. The van der Waals surface area contributed by atoms with Crippen LogP contribution in [0.3, 0.4) is 0 Å². The van der Waals surface area contributed by atoms with Gasteiger partial charge in [-0.15, -0.1) is 0 Å². The summed E-state index contributed by atoms with van der Waals surface area (Å²) >= 11 is 1.54. The van der Waals surface area contributed by atoms with Crippen LogP contribution in [0, 0.1) is 0 Å². The Morgan fingerprint density at radius 3 is 2.60 bits per heavy atom. The minimum atomic E-state index is 0.0141. The third kappa shape index (κ3) is 4.91. The number of thiazole rings is 1. The van der Waals surface area contributed by atoms with Crippen molar-refractivity contribution in [3.63, 3.8) is 0 Å². The number of hydrogen-bond acceptors (Lipinski definition) is 6. The van der Waals surface area contributed by atoms with Gasteiger partial charge in [-0.25, -0.2) is 4.98 Å². The molecule has 0 saturated carbocycles. The second kappa shape index (κ2) is 9.63. The Morgan fingerprint density at radius 2 is 1.80 bits per heavy atom. The molecule has 0 aliphatic rings. The van der Waals surface area contributed by atoms with E-state index < -0.39 is 0 Å². The Morgan fingerprint density at radius 1 is 1.00 bits per heavy atom. The number of hydrogen-bond donors (Lipinski definition) is 0. The third-order valence-electron chi connectivity index (χ3n) is 4.82. The van der Waals surface area contributed by atoms with Crippen LogP contribution in [0.25, 0.3) is 10.2 Å². The van der Waals surface area contributed by atoms with Crippen LogP contribution in [0.4, 0.5) is 5.13 Å². The van der Waals surface area contributed by atoms with Gasteiger partial charge in [0.15, 0.2) is 11.0 Å². The summed E-state index contributed by atoms with van der Waals surface area (Å²) in [6.45, 7) is 2.65. The normalized spacial score (nSPS) is 11.1. The van der Waals surface area contributed by atoms with Gasteiger partial charge in [-0.1, -0.05) is 65.9 Å². The number of nitrogens with zero attached hydrogens (tertiary/aromatic N) is 4. The number of aryl methyl sites for hydroxylation is 2. The summed E-state index contributed by atoms with van der Waals surface area (Å²) in [7, 11) is 0. The van der Waals surface area contributed by atoms with E-state index in [0.717, 1.165) is 34.6 Å². The van der Waals surface area contributed by atoms with E-state index in [1.165, 1.54) is 5.56 Å². The van der Waals surface area contributed by atoms with Gasteiger partial charge in [0.1, 0.15) is 0 Å². The monoisotopic (exact) mass is 420 g/mol. The highest BCUT2D eigenvalue weighted by Crippen LogP contribution is 2.29. The summed E-state index contributed by atoms with van der Waals surface area (Å²) in [6.07, 6.45) is 3.25. The number of carbonyl (C=O) groups is 1. The van der Waals surface area contributed by atoms with E-state index in [9.17, 15) is 4.79 Å². The summed E-state index contributed by atoms with van der Waals surface area (Å²) in [5.41, 5.74) is 2.11. The first kappa shape index (κ1) is 20.2. The van der Waals surface area contributed by atoms with Crippen LogP contribution in [-0.2, 0) is 24.1 Å². The first-order valence-corrected chi connectivity index (χ1v) is 11.1. The fourth-order valence-corrected chi connectivity index (χ4v) is 4.26. The van der Waals surface area contributed by atoms with Gasteiger partial charge >= 0.3 is 0 Å². The topological polar surface area (TPSA) is 72.1 Å². The summed E-state index contributed by atoms with van der Waals surface area (Å²) in [5.74, 6) is 1.23. The highest BCUT2D eigenvalue weighted by Gasteiger charge is 2.20. The average molecular weight is 421 g/mol. The van der Waals surface area contributed by atoms with E-state index in [-0.39, 0.29) is 5.91 Å². The molecule has 7 heteroatoms. The van der Waals surface area contributed by atoms with Crippen LogP contribution >= 0.6 is 11.3 Å². The zero-order valence-corrected chi connectivity index (χ0v) is 17.8. The molecule has 4 aromatic rings. The molecule has 2 heterocycles. The van der Waals surface area contributed by atoms with E-state index in [1.807, 2.05) is 42.5 Å². The number of rotatable bonds is 9. The molecule has 0 N–H and O–H groups in total. The first-order chi connectivity index (χ1) is 14.7. The van der Waals surface area contributed by atoms with E-state index in [4.69, 9.17) is 9.51 Å². The Balaban J connectivity index is 1.49. The second-order valence-corrected chi connectivity index (χ2v) is 8.11. The van der Waals surface area contributed by atoms with Crippen molar-refractivity contribution in [2.75, 3.05) is 11.4 Å². The van der Waals surface area contributed by atoms with Crippen molar-refractivity contribution in [2.24, 2.45) is 0 Å². The number of para-hydroxylation sites is 1. The lowest BCUT2D eigenvalue weighted by atomic mass is 10.1. The molecule has 2 aromatic heterocycles. The molecule has 0 aliphatic heterocycles. The average Bonchev–Trinajstić information content (AvgIpc) is 3.40. The van der Waals surface area contributed by atoms with E-state index in [1.54, 1.807) is 16.2 Å². The molecule has 6 nitrogen and oxygen atoms in total. The van der Waals surface area contributed by atoms with Crippen LogP contribution in [0.1, 0.15) is 37.0 Å². The number of amides is 1. The van der Waals surface area contributed by atoms with Gasteiger partial charge in [0.2, 0.25) is 11.8 Å². The molecule has 1 amide bonds. The fraction of sp³-hybridized carbons (Fsp3) is 0.304. The molecule has 30 heavy (non-hydrogen) atoms. The first-order valence-electron chi connectivity index (χ1n) is 10.2. The smallest absolute Gasteiger partial charge is 0.229 e. The van der Waals surface area contributed by atoms with Gasteiger partial charge in [0.25, 0.3) is 0 Å². The molecular formula is C23H24N4O2S. The molecule has 154 valence electrons. The van der Waals surface area contributed by atoms with Gasteiger partial charge in [-0.05, 0) is 30.5 Å². The summed E-state index contributed by atoms with van der Waals surface area (Å²) in [6, 6.07) is 18.1. The lowest BCUT2D eigenvalue weighted by Crippen LogP contribution is -2.33.